The van der Waals surface area contributed by atoms with Crippen molar-refractivity contribution in [2.45, 2.75) is 24.0 Å². The second-order valence-corrected chi connectivity index (χ2v) is 5.41. The maximum Gasteiger partial charge on any atom is 0.178 e. The normalized spacial score (nSPS) is 14.1. The fraction of sp³-hybridized carbons (Fsp3) is 0.625. The summed E-state index contributed by atoms with van der Waals surface area (Å²) in [7, 11) is -3.20. The molecule has 86 valence electrons. The first-order valence-electron chi connectivity index (χ1n) is 4.54. The van der Waals surface area contributed by atoms with Crippen molar-refractivity contribution in [3.63, 3.8) is 0 Å². The van der Waals surface area contributed by atoms with E-state index in [0.29, 0.717) is 13.0 Å². The highest BCUT2D eigenvalue weighted by atomic mass is 32.2. The molecule has 1 heterocycles. The average molecular weight is 233 g/mol. The van der Waals surface area contributed by atoms with Gasteiger partial charge in [0.05, 0.1) is 12.3 Å². The molecular weight excluding hydrogens is 218 g/mol. The zero-order valence-corrected chi connectivity index (χ0v) is 9.31. The van der Waals surface area contributed by atoms with Gasteiger partial charge in [0.1, 0.15) is 4.90 Å². The molecule has 15 heavy (non-hydrogen) atoms. The van der Waals surface area contributed by atoms with E-state index in [1.54, 1.807) is 0 Å². The van der Waals surface area contributed by atoms with E-state index in [1.807, 2.05) is 0 Å². The van der Waals surface area contributed by atoms with Crippen LogP contribution in [-0.2, 0) is 16.4 Å². The Hall–Kier alpha value is -0.920. The average Bonchev–Trinajstić information content (AvgIpc) is 2.61. The van der Waals surface area contributed by atoms with Crippen molar-refractivity contribution >= 4 is 9.84 Å². The molecule has 7 heteroatoms. The van der Waals surface area contributed by atoms with Gasteiger partial charge in [-0.05, 0) is 6.42 Å². The number of aliphatic hydroxyl groups is 1. The summed E-state index contributed by atoms with van der Waals surface area (Å²) >= 11 is 0. The van der Waals surface area contributed by atoms with Gasteiger partial charge in [-0.1, -0.05) is 0 Å². The highest BCUT2D eigenvalue weighted by Gasteiger charge is 2.10. The van der Waals surface area contributed by atoms with Gasteiger partial charge in [-0.15, -0.1) is 0 Å². The molecule has 1 rings (SSSR count). The number of hydrogen-bond donors (Lipinski definition) is 2. The highest BCUT2D eigenvalue weighted by molar-refractivity contribution is 7.90. The molecule has 0 aliphatic heterocycles. The van der Waals surface area contributed by atoms with E-state index in [9.17, 15) is 13.5 Å². The molecule has 1 atom stereocenters. The topological polar surface area (TPSA) is 98.2 Å². The fourth-order valence-electron chi connectivity index (χ4n) is 1.06. The Morgan fingerprint density at radius 3 is 2.80 bits per heavy atom. The SMILES string of the molecule is CS(=O)(=O)c1cnn(CCC(O)CN)c1. The zero-order valence-electron chi connectivity index (χ0n) is 8.50. The van der Waals surface area contributed by atoms with E-state index >= 15 is 0 Å². The third-order valence-electron chi connectivity index (χ3n) is 2.00. The van der Waals surface area contributed by atoms with E-state index in [2.05, 4.69) is 5.10 Å². The molecule has 6 nitrogen and oxygen atoms in total. The van der Waals surface area contributed by atoms with E-state index in [4.69, 9.17) is 5.73 Å². The fourth-order valence-corrected chi connectivity index (χ4v) is 1.61. The van der Waals surface area contributed by atoms with Crippen molar-refractivity contribution < 1.29 is 13.5 Å². The number of rotatable bonds is 5. The molecule has 0 aliphatic rings. The molecule has 0 radical (unpaired) electrons. The summed E-state index contributed by atoms with van der Waals surface area (Å²) in [6, 6.07) is 0. The lowest BCUT2D eigenvalue weighted by atomic mass is 10.2. The predicted octanol–water partition coefficient (Wildman–Crippen LogP) is -1.00. The Morgan fingerprint density at radius 2 is 2.33 bits per heavy atom. The van der Waals surface area contributed by atoms with Crippen LogP contribution >= 0.6 is 0 Å². The smallest absolute Gasteiger partial charge is 0.178 e. The molecule has 0 bridgehead atoms. The van der Waals surface area contributed by atoms with Gasteiger partial charge in [0.2, 0.25) is 0 Å². The lowest BCUT2D eigenvalue weighted by Gasteiger charge is -2.06. The first kappa shape index (κ1) is 12.2. The molecule has 1 aromatic heterocycles. The summed E-state index contributed by atoms with van der Waals surface area (Å²) in [5.74, 6) is 0. The van der Waals surface area contributed by atoms with Crippen LogP contribution in [0, 0.1) is 0 Å². The van der Waals surface area contributed by atoms with Crippen LogP contribution < -0.4 is 5.73 Å². The largest absolute Gasteiger partial charge is 0.392 e. The quantitative estimate of drug-likeness (QED) is 0.679. The number of aliphatic hydroxyl groups excluding tert-OH is 1. The highest BCUT2D eigenvalue weighted by Crippen LogP contribution is 2.06. The first-order valence-corrected chi connectivity index (χ1v) is 6.43. The summed E-state index contributed by atoms with van der Waals surface area (Å²) in [5.41, 5.74) is 5.24. The summed E-state index contributed by atoms with van der Waals surface area (Å²) in [5, 5.41) is 13.1. The molecule has 0 aromatic carbocycles. The molecule has 0 amide bonds. The third-order valence-corrected chi connectivity index (χ3v) is 3.07. The Kier molecular flexibility index (Phi) is 3.83. The lowest BCUT2D eigenvalue weighted by Crippen LogP contribution is -2.21. The van der Waals surface area contributed by atoms with Crippen molar-refractivity contribution in [3.8, 4) is 0 Å². The van der Waals surface area contributed by atoms with E-state index in [-0.39, 0.29) is 11.4 Å². The number of hydrogen-bond acceptors (Lipinski definition) is 5. The van der Waals surface area contributed by atoms with Gasteiger partial charge in [-0.3, -0.25) is 4.68 Å². The van der Waals surface area contributed by atoms with E-state index in [1.165, 1.54) is 17.1 Å². The van der Waals surface area contributed by atoms with Gasteiger partial charge < -0.3 is 10.8 Å². The lowest BCUT2D eigenvalue weighted by molar-refractivity contribution is 0.165. The zero-order chi connectivity index (χ0) is 11.5. The van der Waals surface area contributed by atoms with Crippen LogP contribution in [0.5, 0.6) is 0 Å². The van der Waals surface area contributed by atoms with Crippen molar-refractivity contribution in [3.05, 3.63) is 12.4 Å². The van der Waals surface area contributed by atoms with Crippen LogP contribution in [0.2, 0.25) is 0 Å². The van der Waals surface area contributed by atoms with Crippen LogP contribution in [0.3, 0.4) is 0 Å². The van der Waals surface area contributed by atoms with E-state index in [0.717, 1.165) is 6.26 Å². The Balaban J connectivity index is 2.62. The summed E-state index contributed by atoms with van der Waals surface area (Å²) < 4.78 is 23.7. The van der Waals surface area contributed by atoms with Crippen LogP contribution in [0.4, 0.5) is 0 Å². The van der Waals surface area contributed by atoms with Crippen LogP contribution in [0.25, 0.3) is 0 Å². The summed E-state index contributed by atoms with van der Waals surface area (Å²) in [6.07, 6.45) is 3.75. The first-order chi connectivity index (χ1) is 6.93. The number of aryl methyl sites for hydroxylation is 1. The standard InChI is InChI=1S/C8H15N3O3S/c1-15(13,14)8-5-10-11(6-8)3-2-7(12)4-9/h5-7,12H,2-4,9H2,1H3. The van der Waals surface area contributed by atoms with Crippen LogP contribution in [0.1, 0.15) is 6.42 Å². The molecule has 0 spiro atoms. The summed E-state index contributed by atoms with van der Waals surface area (Å²) in [6.45, 7) is 0.647. The van der Waals surface area contributed by atoms with Crippen molar-refractivity contribution in [1.82, 2.24) is 9.78 Å². The van der Waals surface area contributed by atoms with E-state index < -0.39 is 15.9 Å². The molecule has 0 aliphatic carbocycles. The van der Waals surface area contributed by atoms with Gasteiger partial charge in [0.25, 0.3) is 0 Å². The molecular formula is C8H15N3O3S. The van der Waals surface area contributed by atoms with Gasteiger partial charge in [0.15, 0.2) is 9.84 Å². The minimum Gasteiger partial charge on any atom is -0.392 e. The maximum atomic E-state index is 11.1. The number of nitrogens with two attached hydrogens (primary N) is 1. The number of aromatic nitrogens is 2. The van der Waals surface area contributed by atoms with Gasteiger partial charge >= 0.3 is 0 Å². The Bertz CT molecular complexity index is 413. The molecule has 0 saturated carbocycles. The van der Waals surface area contributed by atoms with Gasteiger partial charge in [0, 0.05) is 25.5 Å². The minimum atomic E-state index is -3.20. The van der Waals surface area contributed by atoms with Crippen LogP contribution in [0.15, 0.2) is 17.3 Å². The van der Waals surface area contributed by atoms with Gasteiger partial charge in [-0.2, -0.15) is 5.10 Å². The third kappa shape index (κ3) is 3.61. The Labute approximate surface area is 88.6 Å². The second kappa shape index (κ2) is 4.73. The molecule has 0 fully saturated rings. The molecule has 0 saturated heterocycles. The monoisotopic (exact) mass is 233 g/mol. The van der Waals surface area contributed by atoms with Gasteiger partial charge in [-0.25, -0.2) is 8.42 Å². The maximum absolute atomic E-state index is 11.1. The van der Waals surface area contributed by atoms with Crippen molar-refractivity contribution in [2.75, 3.05) is 12.8 Å². The second-order valence-electron chi connectivity index (χ2n) is 3.39. The van der Waals surface area contributed by atoms with Crippen molar-refractivity contribution in [2.24, 2.45) is 5.73 Å². The minimum absolute atomic E-state index is 0.185. The molecule has 3 N–H and O–H groups in total. The number of sulfone groups is 1. The van der Waals surface area contributed by atoms with Crippen LogP contribution in [-0.4, -0.2) is 42.2 Å². The Morgan fingerprint density at radius 1 is 1.67 bits per heavy atom. The molecule has 1 unspecified atom stereocenters. The predicted molar refractivity (Wildman–Crippen MR) is 55.0 cm³/mol. The molecule has 1 aromatic rings. The summed E-state index contributed by atoms with van der Waals surface area (Å²) in [4.78, 5) is 0.185. The van der Waals surface area contributed by atoms with Crippen molar-refractivity contribution in [1.29, 1.82) is 0 Å². The number of nitrogens with zero attached hydrogens (tertiary/aromatic N) is 2.